The van der Waals surface area contributed by atoms with E-state index in [0.717, 1.165) is 23.3 Å². The van der Waals surface area contributed by atoms with Gasteiger partial charge in [-0.1, -0.05) is 48.0 Å². The number of hydrogen-bond donors (Lipinski definition) is 1. The van der Waals surface area contributed by atoms with E-state index in [0.29, 0.717) is 0 Å². The molecule has 0 aliphatic carbocycles. The molecule has 0 saturated heterocycles. The van der Waals surface area contributed by atoms with Crippen LogP contribution in [0.4, 0.5) is 18.9 Å². The maximum atomic E-state index is 12.7. The molecule has 2 nitrogen and oxygen atoms in total. The van der Waals surface area contributed by atoms with Crippen molar-refractivity contribution in [1.82, 2.24) is 0 Å². The van der Waals surface area contributed by atoms with E-state index in [1.165, 1.54) is 12.3 Å². The second-order valence-corrected chi connectivity index (χ2v) is 5.27. The molecule has 0 saturated carbocycles. The van der Waals surface area contributed by atoms with Gasteiger partial charge in [-0.3, -0.25) is 5.43 Å². The highest BCUT2D eigenvalue weighted by Gasteiger charge is 2.30. The lowest BCUT2D eigenvalue weighted by Gasteiger charge is -2.09. The molecular weight excluding hydrogens is 325 g/mol. The zero-order valence-electron chi connectivity index (χ0n) is 12.2. The van der Waals surface area contributed by atoms with Crippen LogP contribution in [0.1, 0.15) is 18.1 Å². The van der Waals surface area contributed by atoms with Crippen molar-refractivity contribution in [2.24, 2.45) is 5.10 Å². The van der Waals surface area contributed by atoms with Gasteiger partial charge in [0.05, 0.1) is 22.5 Å². The van der Waals surface area contributed by atoms with Crippen molar-refractivity contribution < 1.29 is 13.2 Å². The predicted octanol–water partition coefficient (Wildman–Crippen LogP) is 5.86. The first-order chi connectivity index (χ1) is 10.9. The first kappa shape index (κ1) is 17.1. The molecule has 0 bridgehead atoms. The molecule has 6 heteroatoms. The Balaban J connectivity index is 2.10. The smallest absolute Gasteiger partial charge is 0.277 e. The fourth-order valence-electron chi connectivity index (χ4n) is 1.84. The lowest BCUT2D eigenvalue weighted by molar-refractivity contribution is -0.137. The summed E-state index contributed by atoms with van der Waals surface area (Å²) in [5.74, 6) is 0. The first-order valence-electron chi connectivity index (χ1n) is 6.75. The van der Waals surface area contributed by atoms with Crippen molar-refractivity contribution in [1.29, 1.82) is 0 Å². The van der Waals surface area contributed by atoms with Gasteiger partial charge in [-0.15, -0.1) is 0 Å². The van der Waals surface area contributed by atoms with Crippen LogP contribution in [0.3, 0.4) is 0 Å². The molecule has 0 unspecified atom stereocenters. The number of rotatable bonds is 4. The van der Waals surface area contributed by atoms with Crippen LogP contribution in [-0.2, 0) is 6.18 Å². The molecule has 2 aromatic carbocycles. The third-order valence-electron chi connectivity index (χ3n) is 2.94. The van der Waals surface area contributed by atoms with E-state index < -0.39 is 11.7 Å². The molecule has 120 valence electrons. The van der Waals surface area contributed by atoms with E-state index >= 15 is 0 Å². The molecule has 1 N–H and O–H groups in total. The number of hydrogen-bond acceptors (Lipinski definition) is 2. The lowest BCUT2D eigenvalue weighted by atomic mass is 10.1. The Morgan fingerprint density at radius 2 is 1.83 bits per heavy atom. The average molecular weight is 339 g/mol. The number of nitrogens with one attached hydrogen (secondary N) is 1. The third kappa shape index (κ3) is 5.14. The summed E-state index contributed by atoms with van der Waals surface area (Å²) in [6, 6.07) is 12.7. The van der Waals surface area contributed by atoms with Gasteiger partial charge in [0.15, 0.2) is 0 Å². The number of nitrogens with zero attached hydrogens (tertiary/aromatic N) is 1. The van der Waals surface area contributed by atoms with Crippen molar-refractivity contribution in [3.8, 4) is 0 Å². The molecule has 0 heterocycles. The Labute approximate surface area is 137 Å². The molecule has 0 aromatic heterocycles. The molecule has 0 atom stereocenters. The zero-order valence-corrected chi connectivity index (χ0v) is 13.0. The average Bonchev–Trinajstić information content (AvgIpc) is 2.49. The molecule has 0 amide bonds. The summed E-state index contributed by atoms with van der Waals surface area (Å²) < 4.78 is 38.0. The maximum absolute atomic E-state index is 12.7. The Morgan fingerprint density at radius 1 is 1.13 bits per heavy atom. The van der Waals surface area contributed by atoms with Gasteiger partial charge >= 0.3 is 6.18 Å². The van der Waals surface area contributed by atoms with E-state index in [1.54, 1.807) is 0 Å². The minimum Gasteiger partial charge on any atom is -0.277 e. The monoisotopic (exact) mass is 338 g/mol. The van der Waals surface area contributed by atoms with Gasteiger partial charge in [-0.05, 0) is 36.3 Å². The van der Waals surface area contributed by atoms with Gasteiger partial charge in [-0.2, -0.15) is 18.3 Å². The van der Waals surface area contributed by atoms with Gasteiger partial charge in [0, 0.05) is 0 Å². The quantitative estimate of drug-likeness (QED) is 0.548. The minimum absolute atomic E-state index is 0.102. The predicted molar refractivity (Wildman–Crippen MR) is 88.7 cm³/mol. The van der Waals surface area contributed by atoms with Gasteiger partial charge in [0.25, 0.3) is 0 Å². The van der Waals surface area contributed by atoms with E-state index in [9.17, 15) is 13.2 Å². The van der Waals surface area contributed by atoms with Gasteiger partial charge in [0.1, 0.15) is 0 Å². The topological polar surface area (TPSA) is 24.4 Å². The third-order valence-corrected chi connectivity index (χ3v) is 3.27. The normalized spacial score (nSPS) is 12.7. The molecule has 2 aromatic rings. The van der Waals surface area contributed by atoms with Crippen molar-refractivity contribution in [2.45, 2.75) is 13.1 Å². The Bertz CT molecular complexity index is 722. The van der Waals surface area contributed by atoms with Crippen LogP contribution in [0, 0.1) is 0 Å². The van der Waals surface area contributed by atoms with E-state index in [-0.39, 0.29) is 10.7 Å². The fourth-order valence-corrected chi connectivity index (χ4v) is 2.00. The SMILES string of the molecule is CC(/C=N\Nc1cc(C(F)(F)F)ccc1Cl)=C/c1ccccc1. The summed E-state index contributed by atoms with van der Waals surface area (Å²) in [4.78, 5) is 0. The summed E-state index contributed by atoms with van der Waals surface area (Å²) in [5.41, 5.74) is 3.71. The largest absolute Gasteiger partial charge is 0.416 e. The molecule has 0 aliphatic rings. The number of halogens is 4. The van der Waals surface area contributed by atoms with Gasteiger partial charge in [0.2, 0.25) is 0 Å². The second-order valence-electron chi connectivity index (χ2n) is 4.86. The standard InChI is InChI=1S/C17H14ClF3N2/c1-12(9-13-5-3-2-4-6-13)11-22-23-16-10-14(17(19,20)21)7-8-15(16)18/h2-11,23H,1H3/b12-9-,22-11-. The minimum atomic E-state index is -4.42. The molecule has 23 heavy (non-hydrogen) atoms. The van der Waals surface area contributed by atoms with E-state index in [1.807, 2.05) is 43.3 Å². The highest BCUT2D eigenvalue weighted by atomic mass is 35.5. The van der Waals surface area contributed by atoms with Gasteiger partial charge in [-0.25, -0.2) is 0 Å². The van der Waals surface area contributed by atoms with Crippen molar-refractivity contribution in [3.63, 3.8) is 0 Å². The van der Waals surface area contributed by atoms with E-state index in [2.05, 4.69) is 10.5 Å². The summed E-state index contributed by atoms with van der Waals surface area (Å²) in [5, 5.41) is 4.09. The number of benzene rings is 2. The summed E-state index contributed by atoms with van der Waals surface area (Å²) >= 11 is 5.87. The molecule has 0 spiro atoms. The van der Waals surface area contributed by atoms with E-state index in [4.69, 9.17) is 11.6 Å². The van der Waals surface area contributed by atoms with Crippen LogP contribution in [0.15, 0.2) is 59.2 Å². The Morgan fingerprint density at radius 3 is 2.48 bits per heavy atom. The molecule has 0 aliphatic heterocycles. The van der Waals surface area contributed by atoms with Crippen LogP contribution in [-0.4, -0.2) is 6.21 Å². The summed E-state index contributed by atoms with van der Waals surface area (Å²) in [6.07, 6.45) is -1.00. The molecule has 0 fully saturated rings. The van der Waals surface area contributed by atoms with Crippen molar-refractivity contribution in [3.05, 3.63) is 70.3 Å². The molecule has 0 radical (unpaired) electrons. The van der Waals surface area contributed by atoms with Gasteiger partial charge < -0.3 is 0 Å². The maximum Gasteiger partial charge on any atom is 0.416 e. The molecule has 2 rings (SSSR count). The van der Waals surface area contributed by atoms with Crippen molar-refractivity contribution >= 4 is 29.6 Å². The first-order valence-corrected chi connectivity index (χ1v) is 7.13. The van der Waals surface area contributed by atoms with Crippen molar-refractivity contribution in [2.75, 3.05) is 5.43 Å². The lowest BCUT2D eigenvalue weighted by Crippen LogP contribution is -2.05. The number of alkyl halides is 3. The Hall–Kier alpha value is -2.27. The number of anilines is 1. The van der Waals surface area contributed by atoms with Crippen LogP contribution < -0.4 is 5.43 Å². The van der Waals surface area contributed by atoms with Crippen LogP contribution in [0.25, 0.3) is 6.08 Å². The number of allylic oxidation sites excluding steroid dienone is 1. The summed E-state index contributed by atoms with van der Waals surface area (Å²) in [7, 11) is 0. The second kappa shape index (κ2) is 7.33. The zero-order chi connectivity index (χ0) is 16.9. The van der Waals surface area contributed by atoms with Crippen LogP contribution >= 0.6 is 11.6 Å². The van der Waals surface area contributed by atoms with Crippen LogP contribution in [0.5, 0.6) is 0 Å². The Kier molecular flexibility index (Phi) is 5.45. The highest BCUT2D eigenvalue weighted by Crippen LogP contribution is 2.33. The number of hydrazone groups is 1. The summed E-state index contributed by atoms with van der Waals surface area (Å²) in [6.45, 7) is 1.84. The molecular formula is C17H14ClF3N2. The fraction of sp³-hybridized carbons (Fsp3) is 0.118. The highest BCUT2D eigenvalue weighted by molar-refractivity contribution is 6.33. The van der Waals surface area contributed by atoms with Crippen LogP contribution in [0.2, 0.25) is 5.02 Å².